The average molecular weight is 422 g/mol. The van der Waals surface area contributed by atoms with E-state index in [0.29, 0.717) is 0 Å². The topological polar surface area (TPSA) is 74.6 Å². The number of hydrogen-bond acceptors (Lipinski definition) is 2. The van der Waals surface area contributed by atoms with E-state index in [0.717, 1.165) is 0 Å². The number of hydrogen-bond donors (Lipinski definition) is 2. The summed E-state index contributed by atoms with van der Waals surface area (Å²) in [5, 5.41) is 0. The van der Waals surface area contributed by atoms with Gasteiger partial charge in [-0.15, -0.1) is 0 Å². The summed E-state index contributed by atoms with van der Waals surface area (Å²) in [4.78, 5) is 0. The van der Waals surface area contributed by atoms with Crippen LogP contribution in [0.3, 0.4) is 0 Å². The minimum atomic E-state index is -5.52. The van der Waals surface area contributed by atoms with Crippen LogP contribution in [-0.4, -0.2) is 25.9 Å². The second-order valence-corrected chi connectivity index (χ2v) is 3.00. The van der Waals surface area contributed by atoms with Crippen molar-refractivity contribution in [3.63, 3.8) is 0 Å². The van der Waals surface area contributed by atoms with Crippen molar-refractivity contribution in [2.45, 2.75) is 0 Å². The van der Waals surface area contributed by atoms with Crippen LogP contribution < -0.4 is 29.6 Å². The second kappa shape index (κ2) is 10.1. The van der Waals surface area contributed by atoms with Crippen molar-refractivity contribution < 1.29 is 99.2 Å². The van der Waals surface area contributed by atoms with Crippen LogP contribution in [0.1, 0.15) is 1.43 Å². The van der Waals surface area contributed by atoms with E-state index in [9.17, 15) is 0 Å². The Kier molecular flexibility index (Phi) is 28.4. The molecule has 0 aromatic rings. The van der Waals surface area contributed by atoms with Crippen LogP contribution in [0.15, 0.2) is 0 Å². The first-order chi connectivity index (χ1) is 2.00. The zero-order chi connectivity index (χ0) is 4.50. The predicted octanol–water partition coefficient (Wildman–Crippen LogP) is -4.62. The molecule has 0 aliphatic carbocycles. The maximum absolute atomic E-state index is 8.85. The molecule has 0 aromatic carbocycles. The smallest absolute Gasteiger partial charge is 1.00 e. The Morgan fingerprint density at radius 1 is 1.25 bits per heavy atom. The Balaban J connectivity index is -0.0000000133. The zero-order valence-corrected chi connectivity index (χ0v) is 15.3. The molecule has 8 heavy (non-hydrogen) atoms. The third-order valence-electron chi connectivity index (χ3n) is 0. The third-order valence-corrected chi connectivity index (χ3v) is 0. The summed E-state index contributed by atoms with van der Waals surface area (Å²) >= 11 is -5.52. The molecule has 0 saturated carbocycles. The van der Waals surface area contributed by atoms with Gasteiger partial charge in [0.2, 0.25) is 0 Å². The van der Waals surface area contributed by atoms with Gasteiger partial charge in [0, 0.05) is 55.1 Å². The molecular weight excluding hydrogens is 419 g/mol. The van der Waals surface area contributed by atoms with Gasteiger partial charge in [0.1, 0.15) is 0 Å². The molecule has 0 aromatic heterocycles. The van der Waals surface area contributed by atoms with E-state index in [1.165, 1.54) is 0 Å². The molecule has 0 aliphatic heterocycles. The first-order valence-corrected chi connectivity index (χ1v) is 4.69. The van der Waals surface area contributed by atoms with Gasteiger partial charge in [0.15, 0.2) is 0 Å². The van der Waals surface area contributed by atoms with Gasteiger partial charge < -0.3 is 1.43 Å². The van der Waals surface area contributed by atoms with E-state index >= 15 is 0 Å². The molecule has 0 amide bonds. The van der Waals surface area contributed by atoms with E-state index in [-0.39, 0.29) is 86.1 Å². The number of rotatable bonds is 0. The molecule has 0 spiro atoms. The molecule has 0 saturated heterocycles. The first-order valence-electron chi connectivity index (χ1n) is 0.698. The van der Waals surface area contributed by atoms with Crippen molar-refractivity contribution in [2.24, 2.45) is 0 Å². The maximum atomic E-state index is 8.85. The van der Waals surface area contributed by atoms with Crippen LogP contribution in [0.5, 0.6) is 0 Å². The molecule has 0 atom stereocenters. The van der Waals surface area contributed by atoms with Gasteiger partial charge in [0.05, 0.1) is 0 Å². The van der Waals surface area contributed by atoms with E-state index in [1.807, 2.05) is 0 Å². The molecule has 1 radical (unpaired) electrons. The minimum absolute atomic E-state index is 0. The molecule has 8 heteroatoms. The first kappa shape index (κ1) is 22.5. The molecule has 4 nitrogen and oxygen atoms in total. The van der Waals surface area contributed by atoms with Crippen molar-refractivity contribution in [1.29, 1.82) is 0 Å². The van der Waals surface area contributed by atoms with Gasteiger partial charge in [-0.05, 0) is 0 Å². The van der Waals surface area contributed by atoms with Crippen molar-refractivity contribution >= 4 is 19.0 Å². The maximum Gasteiger partial charge on any atom is 1.00 e. The largest absolute Gasteiger partial charge is 1.00 e. The normalized spacial score (nSPS) is 7.25. The Morgan fingerprint density at radius 3 is 1.25 bits per heavy atom. The Hall–Kier alpha value is 3.13. The van der Waals surface area contributed by atoms with Crippen molar-refractivity contribution in [2.75, 3.05) is 0 Å². The summed E-state index contributed by atoms with van der Waals surface area (Å²) in [5.41, 5.74) is 0. The van der Waals surface area contributed by atoms with Crippen LogP contribution in [0.4, 0.5) is 0 Å². The van der Waals surface area contributed by atoms with Crippen LogP contribution in [0.2, 0.25) is 0 Å². The summed E-state index contributed by atoms with van der Waals surface area (Å²) in [6.45, 7) is 0. The average Bonchev–Trinajstić information content (AvgIpc) is 0.722. The molecule has 39 valence electrons. The Morgan fingerprint density at radius 2 is 1.25 bits per heavy atom. The molecule has 0 heterocycles. The van der Waals surface area contributed by atoms with Gasteiger partial charge in [0.25, 0.3) is 0 Å². The molecule has 2 N–H and O–H groups in total. The van der Waals surface area contributed by atoms with Gasteiger partial charge in [-0.25, -0.2) is 0 Å². The molecule has 0 fully saturated rings. The van der Waals surface area contributed by atoms with Gasteiger partial charge in [-0.2, -0.15) is 0 Å². The van der Waals surface area contributed by atoms with Gasteiger partial charge >= 0.3 is 61.7 Å². The fourth-order valence-electron chi connectivity index (χ4n) is 0. The van der Waals surface area contributed by atoms with Crippen molar-refractivity contribution in [3.8, 4) is 0 Å². The minimum Gasteiger partial charge on any atom is -1.00 e. The molecular formula is H3LaNaO4TeZn. The summed E-state index contributed by atoms with van der Waals surface area (Å²) < 4.78 is 32.0. The van der Waals surface area contributed by atoms with Crippen LogP contribution in [0.25, 0.3) is 0 Å². The Labute approximate surface area is 116 Å². The molecule has 0 aliphatic rings. The standard InChI is InChI=1S/La.Na.H2O4Te.Zn.H/c;;1-5(2,3)4;;/h;;(H2,1,2,3,4);;/q;+1;;;-1. The fourth-order valence-corrected chi connectivity index (χ4v) is 0. The van der Waals surface area contributed by atoms with E-state index in [1.54, 1.807) is 0 Å². The zero-order valence-electron chi connectivity index (χ0n) is 5.40. The van der Waals surface area contributed by atoms with E-state index in [2.05, 4.69) is 0 Å². The quantitative estimate of drug-likeness (QED) is 0.386. The van der Waals surface area contributed by atoms with Crippen LogP contribution in [-0.2, 0) is 25.7 Å². The van der Waals surface area contributed by atoms with Gasteiger partial charge in [-0.3, -0.25) is 0 Å². The SMILES string of the molecule is O=[Te](=O)(O)O.[H-].[La].[Na+].[Zn]. The fraction of sp³-hybridized carbons (Fsp3) is 0. The summed E-state index contributed by atoms with van der Waals surface area (Å²) in [6.07, 6.45) is 0. The molecule has 0 bridgehead atoms. The molecule has 0 unspecified atom stereocenters. The summed E-state index contributed by atoms with van der Waals surface area (Å²) in [6, 6.07) is 0. The van der Waals surface area contributed by atoms with Crippen molar-refractivity contribution in [1.82, 2.24) is 0 Å². The van der Waals surface area contributed by atoms with E-state index in [4.69, 9.17) is 13.2 Å². The van der Waals surface area contributed by atoms with Crippen molar-refractivity contribution in [3.05, 3.63) is 0 Å². The predicted molar refractivity (Wildman–Crippen MR) is 12.7 cm³/mol. The summed E-state index contributed by atoms with van der Waals surface area (Å²) in [5.74, 6) is 0. The third kappa shape index (κ3) is 61.6. The van der Waals surface area contributed by atoms with Crippen LogP contribution >= 0.6 is 0 Å². The van der Waals surface area contributed by atoms with Crippen LogP contribution in [0, 0.1) is 35.6 Å². The monoisotopic (exact) mass is 423 g/mol. The van der Waals surface area contributed by atoms with Gasteiger partial charge in [-0.1, -0.05) is 0 Å². The second-order valence-electron chi connectivity index (χ2n) is 0.448. The van der Waals surface area contributed by atoms with E-state index < -0.39 is 19.0 Å². The Bertz CT molecular complexity index is 104. The summed E-state index contributed by atoms with van der Waals surface area (Å²) in [7, 11) is 0. The molecule has 0 rings (SSSR count).